The molecule has 0 bridgehead atoms. The molecule has 0 saturated carbocycles. The fourth-order valence-corrected chi connectivity index (χ4v) is 2.36. The van der Waals surface area contributed by atoms with Crippen LogP contribution in [-0.4, -0.2) is 29.8 Å². The number of aryl methyl sites for hydroxylation is 1. The molecule has 0 spiro atoms. The SMILES string of the molecule is Cc1ccccc1C[C@H](NC(=O)[C@@H]1CCC(=O)N1)C(N)=O. The van der Waals surface area contributed by atoms with Crippen molar-refractivity contribution in [3.63, 3.8) is 0 Å². The van der Waals surface area contributed by atoms with E-state index >= 15 is 0 Å². The third kappa shape index (κ3) is 3.81. The smallest absolute Gasteiger partial charge is 0.243 e. The lowest BCUT2D eigenvalue weighted by Gasteiger charge is -2.19. The Labute approximate surface area is 123 Å². The van der Waals surface area contributed by atoms with Crippen molar-refractivity contribution in [2.45, 2.75) is 38.3 Å². The van der Waals surface area contributed by atoms with Crippen LogP contribution in [0, 0.1) is 6.92 Å². The Bertz CT molecular complexity index is 571. The van der Waals surface area contributed by atoms with E-state index in [-0.39, 0.29) is 11.8 Å². The topological polar surface area (TPSA) is 101 Å². The maximum absolute atomic E-state index is 12.0. The van der Waals surface area contributed by atoms with Crippen LogP contribution in [0.25, 0.3) is 0 Å². The lowest BCUT2D eigenvalue weighted by molar-refractivity contribution is -0.129. The van der Waals surface area contributed by atoms with Gasteiger partial charge in [0.1, 0.15) is 12.1 Å². The highest BCUT2D eigenvalue weighted by atomic mass is 16.2. The van der Waals surface area contributed by atoms with Crippen molar-refractivity contribution in [3.8, 4) is 0 Å². The van der Waals surface area contributed by atoms with Crippen LogP contribution in [0.4, 0.5) is 0 Å². The van der Waals surface area contributed by atoms with Gasteiger partial charge in [0, 0.05) is 12.8 Å². The van der Waals surface area contributed by atoms with E-state index in [0.29, 0.717) is 19.3 Å². The molecule has 0 unspecified atom stereocenters. The number of amides is 3. The standard InChI is InChI=1S/C15H19N3O3/c1-9-4-2-3-5-10(9)8-12(14(16)20)18-15(21)11-6-7-13(19)17-11/h2-5,11-12H,6-8H2,1H3,(H2,16,20)(H,17,19)(H,18,21)/t11-,12-/m0/s1. The monoisotopic (exact) mass is 289 g/mol. The largest absolute Gasteiger partial charge is 0.368 e. The van der Waals surface area contributed by atoms with Crippen molar-refractivity contribution in [2.24, 2.45) is 5.73 Å². The van der Waals surface area contributed by atoms with E-state index in [1.54, 1.807) is 0 Å². The van der Waals surface area contributed by atoms with E-state index in [0.717, 1.165) is 11.1 Å². The van der Waals surface area contributed by atoms with Crippen molar-refractivity contribution >= 4 is 17.7 Å². The second-order valence-electron chi connectivity index (χ2n) is 5.25. The molecule has 1 aromatic carbocycles. The molecule has 0 aromatic heterocycles. The average Bonchev–Trinajstić information content (AvgIpc) is 2.87. The van der Waals surface area contributed by atoms with Crippen LogP contribution in [0.15, 0.2) is 24.3 Å². The number of primary amides is 1. The molecule has 1 aliphatic heterocycles. The first kappa shape index (κ1) is 15.0. The zero-order valence-electron chi connectivity index (χ0n) is 11.9. The van der Waals surface area contributed by atoms with E-state index in [2.05, 4.69) is 10.6 Å². The first-order chi connectivity index (χ1) is 9.97. The fraction of sp³-hybridized carbons (Fsp3) is 0.400. The summed E-state index contributed by atoms with van der Waals surface area (Å²) in [5, 5.41) is 5.20. The minimum Gasteiger partial charge on any atom is -0.368 e. The first-order valence-electron chi connectivity index (χ1n) is 6.91. The van der Waals surface area contributed by atoms with Gasteiger partial charge in [-0.1, -0.05) is 24.3 Å². The molecule has 0 radical (unpaired) electrons. The van der Waals surface area contributed by atoms with Crippen LogP contribution in [0.3, 0.4) is 0 Å². The van der Waals surface area contributed by atoms with E-state index in [1.807, 2.05) is 31.2 Å². The summed E-state index contributed by atoms with van der Waals surface area (Å²) in [6.07, 6.45) is 1.12. The zero-order chi connectivity index (χ0) is 15.4. The highest BCUT2D eigenvalue weighted by Crippen LogP contribution is 2.11. The summed E-state index contributed by atoms with van der Waals surface area (Å²) < 4.78 is 0. The Morgan fingerprint density at radius 2 is 2.14 bits per heavy atom. The number of nitrogens with one attached hydrogen (secondary N) is 2. The van der Waals surface area contributed by atoms with Gasteiger partial charge in [-0.3, -0.25) is 14.4 Å². The summed E-state index contributed by atoms with van der Waals surface area (Å²) >= 11 is 0. The normalized spacial score (nSPS) is 18.9. The lowest BCUT2D eigenvalue weighted by atomic mass is 10.0. The molecule has 6 heteroatoms. The van der Waals surface area contributed by atoms with Crippen LogP contribution in [0.5, 0.6) is 0 Å². The Morgan fingerprint density at radius 1 is 1.43 bits per heavy atom. The average molecular weight is 289 g/mol. The van der Waals surface area contributed by atoms with Crippen molar-refractivity contribution in [3.05, 3.63) is 35.4 Å². The van der Waals surface area contributed by atoms with E-state index < -0.39 is 18.0 Å². The number of carbonyl (C=O) groups is 3. The van der Waals surface area contributed by atoms with Gasteiger partial charge in [-0.05, 0) is 24.5 Å². The number of nitrogens with two attached hydrogens (primary N) is 1. The van der Waals surface area contributed by atoms with Crippen molar-refractivity contribution in [2.75, 3.05) is 0 Å². The maximum atomic E-state index is 12.0. The number of carbonyl (C=O) groups excluding carboxylic acids is 3. The van der Waals surface area contributed by atoms with Crippen LogP contribution >= 0.6 is 0 Å². The fourth-order valence-electron chi connectivity index (χ4n) is 2.36. The minimum absolute atomic E-state index is 0.148. The molecule has 1 fully saturated rings. The number of rotatable bonds is 5. The number of hydrogen-bond donors (Lipinski definition) is 3. The van der Waals surface area contributed by atoms with E-state index in [9.17, 15) is 14.4 Å². The molecule has 4 N–H and O–H groups in total. The quantitative estimate of drug-likeness (QED) is 0.699. The van der Waals surface area contributed by atoms with Crippen molar-refractivity contribution < 1.29 is 14.4 Å². The van der Waals surface area contributed by atoms with Gasteiger partial charge < -0.3 is 16.4 Å². The van der Waals surface area contributed by atoms with Gasteiger partial charge in [-0.2, -0.15) is 0 Å². The Hall–Kier alpha value is -2.37. The van der Waals surface area contributed by atoms with Gasteiger partial charge in [-0.15, -0.1) is 0 Å². The minimum atomic E-state index is -0.781. The molecule has 0 aliphatic carbocycles. The summed E-state index contributed by atoms with van der Waals surface area (Å²) in [6.45, 7) is 1.94. The molecule has 1 heterocycles. The summed E-state index contributed by atoms with van der Waals surface area (Å²) in [5.41, 5.74) is 7.36. The van der Waals surface area contributed by atoms with Gasteiger partial charge in [0.05, 0.1) is 0 Å². The highest BCUT2D eigenvalue weighted by Gasteiger charge is 2.29. The molecule has 3 amide bonds. The maximum Gasteiger partial charge on any atom is 0.243 e. The Kier molecular flexibility index (Phi) is 4.57. The van der Waals surface area contributed by atoms with Crippen LogP contribution in [0.1, 0.15) is 24.0 Å². The number of benzene rings is 1. The molecule has 21 heavy (non-hydrogen) atoms. The van der Waals surface area contributed by atoms with Gasteiger partial charge in [0.2, 0.25) is 17.7 Å². The van der Waals surface area contributed by atoms with Gasteiger partial charge in [0.25, 0.3) is 0 Å². The van der Waals surface area contributed by atoms with Crippen molar-refractivity contribution in [1.29, 1.82) is 0 Å². The third-order valence-corrected chi connectivity index (χ3v) is 3.66. The molecule has 2 rings (SSSR count). The third-order valence-electron chi connectivity index (χ3n) is 3.66. The second-order valence-corrected chi connectivity index (χ2v) is 5.25. The van der Waals surface area contributed by atoms with Crippen LogP contribution in [0.2, 0.25) is 0 Å². The number of hydrogen-bond acceptors (Lipinski definition) is 3. The van der Waals surface area contributed by atoms with Crippen LogP contribution < -0.4 is 16.4 Å². The predicted molar refractivity (Wildman–Crippen MR) is 77.2 cm³/mol. The summed E-state index contributed by atoms with van der Waals surface area (Å²) in [6, 6.07) is 6.26. The lowest BCUT2D eigenvalue weighted by Crippen LogP contribution is -2.51. The second kappa shape index (κ2) is 6.39. The molecule has 1 aliphatic rings. The molecular formula is C15H19N3O3. The molecule has 1 saturated heterocycles. The highest BCUT2D eigenvalue weighted by molar-refractivity contribution is 5.93. The molecule has 6 nitrogen and oxygen atoms in total. The summed E-state index contributed by atoms with van der Waals surface area (Å²) in [7, 11) is 0. The first-order valence-corrected chi connectivity index (χ1v) is 6.91. The van der Waals surface area contributed by atoms with E-state index in [1.165, 1.54) is 0 Å². The Morgan fingerprint density at radius 3 is 2.71 bits per heavy atom. The van der Waals surface area contributed by atoms with Gasteiger partial charge >= 0.3 is 0 Å². The van der Waals surface area contributed by atoms with Gasteiger partial charge in [-0.25, -0.2) is 0 Å². The zero-order valence-corrected chi connectivity index (χ0v) is 11.9. The van der Waals surface area contributed by atoms with Crippen molar-refractivity contribution in [1.82, 2.24) is 10.6 Å². The van der Waals surface area contributed by atoms with Gasteiger partial charge in [0.15, 0.2) is 0 Å². The predicted octanol–water partition coefficient (Wildman–Crippen LogP) is -0.214. The molecular weight excluding hydrogens is 270 g/mol. The molecule has 1 aromatic rings. The molecule has 2 atom stereocenters. The Balaban J connectivity index is 2.03. The van der Waals surface area contributed by atoms with E-state index in [4.69, 9.17) is 5.73 Å². The summed E-state index contributed by atoms with van der Waals surface area (Å²) in [4.78, 5) is 34.7. The molecule has 112 valence electrons. The van der Waals surface area contributed by atoms with Crippen LogP contribution in [-0.2, 0) is 20.8 Å². The summed E-state index contributed by atoms with van der Waals surface area (Å²) in [5.74, 6) is -1.10.